The van der Waals surface area contributed by atoms with Gasteiger partial charge in [-0.05, 0) is 19.3 Å². The number of carbonyl (C=O) groups is 1. The topological polar surface area (TPSA) is 98.2 Å². The van der Waals surface area contributed by atoms with Crippen LogP contribution in [0.5, 0.6) is 0 Å². The molecule has 0 saturated heterocycles. The van der Waals surface area contributed by atoms with Gasteiger partial charge in [-0.25, -0.2) is 23.2 Å². The quantitative estimate of drug-likeness (QED) is 0.847. The van der Waals surface area contributed by atoms with Crippen molar-refractivity contribution in [1.29, 1.82) is 0 Å². The number of methoxy groups -OCH3 is 1. The average molecular weight is 345 g/mol. The number of nitrogens with one attached hydrogen (secondary N) is 1. The summed E-state index contributed by atoms with van der Waals surface area (Å²) in [4.78, 5) is 20.7. The van der Waals surface area contributed by atoms with E-state index in [9.17, 15) is 13.2 Å². The van der Waals surface area contributed by atoms with E-state index in [1.807, 2.05) is 0 Å². The molecular weight excluding hydrogens is 334 g/mol. The first-order valence-electron chi connectivity index (χ1n) is 6.04. The lowest BCUT2D eigenvalue weighted by Gasteiger charge is -2.04. The summed E-state index contributed by atoms with van der Waals surface area (Å²) < 4.78 is 31.5. The zero-order chi connectivity index (χ0) is 15.0. The van der Waals surface area contributed by atoms with Gasteiger partial charge in [-0.15, -0.1) is 22.7 Å². The van der Waals surface area contributed by atoms with Crippen LogP contribution in [0.1, 0.15) is 27.5 Å². The number of anilines is 1. The molecule has 0 aromatic carbocycles. The number of thiazole rings is 2. The third-order valence-electron chi connectivity index (χ3n) is 2.98. The van der Waals surface area contributed by atoms with Crippen LogP contribution in [0.25, 0.3) is 0 Å². The highest BCUT2D eigenvalue weighted by molar-refractivity contribution is 7.94. The second-order valence-electron chi connectivity index (χ2n) is 4.33. The van der Waals surface area contributed by atoms with Crippen LogP contribution in [-0.4, -0.2) is 31.5 Å². The summed E-state index contributed by atoms with van der Waals surface area (Å²) in [6, 6.07) is 0. The fourth-order valence-corrected chi connectivity index (χ4v) is 5.47. The average Bonchev–Trinajstić information content (AvgIpc) is 3.11. The van der Waals surface area contributed by atoms with E-state index in [0.717, 1.165) is 41.2 Å². The molecule has 1 aliphatic carbocycles. The lowest BCUT2D eigenvalue weighted by Crippen LogP contribution is -2.16. The number of hydrogen-bond acceptors (Lipinski definition) is 8. The van der Waals surface area contributed by atoms with Gasteiger partial charge in [0.05, 0.1) is 18.3 Å². The van der Waals surface area contributed by atoms with Crippen LogP contribution in [0.4, 0.5) is 5.13 Å². The molecular formula is C11H11N3O4S3. The normalized spacial score (nSPS) is 14.0. The highest BCUT2D eigenvalue weighted by Gasteiger charge is 2.28. The predicted octanol–water partition coefficient (Wildman–Crippen LogP) is 1.68. The number of rotatable bonds is 4. The summed E-state index contributed by atoms with van der Waals surface area (Å²) in [7, 11) is -2.71. The number of esters is 1. The molecule has 21 heavy (non-hydrogen) atoms. The van der Waals surface area contributed by atoms with E-state index < -0.39 is 16.0 Å². The van der Waals surface area contributed by atoms with E-state index in [1.54, 1.807) is 0 Å². The molecule has 2 aromatic rings. The van der Waals surface area contributed by atoms with Crippen LogP contribution in [0, 0.1) is 0 Å². The standard InChI is InChI=1S/C11H11N3O4S3/c1-18-9(15)8-10(19-5-12-8)21(16,17)14-11-13-6-3-2-4-7(6)20-11/h5H,2-4H2,1H3,(H,13,14). The Hall–Kier alpha value is -1.52. The molecule has 112 valence electrons. The fraction of sp³-hybridized carbons (Fsp3) is 0.364. The molecule has 0 aliphatic heterocycles. The van der Waals surface area contributed by atoms with Gasteiger partial charge in [0.2, 0.25) is 0 Å². The lowest BCUT2D eigenvalue weighted by atomic mass is 10.4. The van der Waals surface area contributed by atoms with Crippen molar-refractivity contribution in [1.82, 2.24) is 9.97 Å². The highest BCUT2D eigenvalue weighted by Crippen LogP contribution is 2.32. The SMILES string of the molecule is COC(=O)c1ncsc1S(=O)(=O)Nc1nc2c(s1)CCC2. The maximum Gasteiger partial charge on any atom is 0.358 e. The van der Waals surface area contributed by atoms with E-state index >= 15 is 0 Å². The predicted molar refractivity (Wildman–Crippen MR) is 78.4 cm³/mol. The van der Waals surface area contributed by atoms with Gasteiger partial charge in [-0.3, -0.25) is 4.72 Å². The Bertz CT molecular complexity index is 772. The number of nitrogens with zero attached hydrogens (tertiary/aromatic N) is 2. The number of carbonyl (C=O) groups excluding carboxylic acids is 1. The minimum atomic E-state index is -3.89. The molecule has 0 radical (unpaired) electrons. The van der Waals surface area contributed by atoms with Crippen molar-refractivity contribution < 1.29 is 17.9 Å². The van der Waals surface area contributed by atoms with Gasteiger partial charge in [0.25, 0.3) is 10.0 Å². The van der Waals surface area contributed by atoms with Crippen LogP contribution >= 0.6 is 22.7 Å². The molecule has 2 heterocycles. The maximum atomic E-state index is 12.3. The van der Waals surface area contributed by atoms with E-state index in [-0.39, 0.29) is 9.90 Å². The first kappa shape index (κ1) is 14.4. The van der Waals surface area contributed by atoms with Crippen molar-refractivity contribution in [2.75, 3.05) is 11.8 Å². The van der Waals surface area contributed by atoms with Gasteiger partial charge in [-0.1, -0.05) is 0 Å². The zero-order valence-electron chi connectivity index (χ0n) is 11.0. The third kappa shape index (κ3) is 2.65. The molecule has 0 unspecified atom stereocenters. The van der Waals surface area contributed by atoms with Crippen LogP contribution in [-0.2, 0) is 27.6 Å². The molecule has 10 heteroatoms. The largest absolute Gasteiger partial charge is 0.464 e. The van der Waals surface area contributed by atoms with Crippen LogP contribution in [0.15, 0.2) is 9.72 Å². The molecule has 1 aliphatic rings. The molecule has 0 spiro atoms. The smallest absolute Gasteiger partial charge is 0.358 e. The Morgan fingerprint density at radius 1 is 1.43 bits per heavy atom. The van der Waals surface area contributed by atoms with Crippen molar-refractivity contribution in [2.45, 2.75) is 23.5 Å². The number of fused-ring (bicyclic) bond motifs is 1. The first-order chi connectivity index (χ1) is 10.0. The summed E-state index contributed by atoms with van der Waals surface area (Å²) in [6.45, 7) is 0. The highest BCUT2D eigenvalue weighted by atomic mass is 32.2. The summed E-state index contributed by atoms with van der Waals surface area (Å²) in [5, 5.41) is 0.323. The monoisotopic (exact) mass is 345 g/mol. The number of aromatic nitrogens is 2. The molecule has 7 nitrogen and oxygen atoms in total. The minimum absolute atomic E-state index is 0.162. The van der Waals surface area contributed by atoms with Gasteiger partial charge in [-0.2, -0.15) is 0 Å². The van der Waals surface area contributed by atoms with E-state index in [1.165, 1.54) is 24.0 Å². The zero-order valence-corrected chi connectivity index (χ0v) is 13.4. The van der Waals surface area contributed by atoms with E-state index in [0.29, 0.717) is 5.13 Å². The molecule has 1 N–H and O–H groups in total. The van der Waals surface area contributed by atoms with E-state index in [4.69, 9.17) is 0 Å². The summed E-state index contributed by atoms with van der Waals surface area (Å²) in [5.74, 6) is -0.779. The van der Waals surface area contributed by atoms with Gasteiger partial charge in [0, 0.05) is 4.88 Å². The number of sulfonamides is 1. The first-order valence-corrected chi connectivity index (χ1v) is 9.22. The second kappa shape index (κ2) is 5.35. The van der Waals surface area contributed by atoms with Gasteiger partial charge >= 0.3 is 5.97 Å². The summed E-state index contributed by atoms with van der Waals surface area (Å²) in [6.07, 6.45) is 2.87. The van der Waals surface area contributed by atoms with Crippen molar-refractivity contribution in [2.24, 2.45) is 0 Å². The van der Waals surface area contributed by atoms with Crippen LogP contribution < -0.4 is 4.72 Å². The minimum Gasteiger partial charge on any atom is -0.464 e. The van der Waals surface area contributed by atoms with Crippen molar-refractivity contribution in [3.63, 3.8) is 0 Å². The van der Waals surface area contributed by atoms with Crippen molar-refractivity contribution in [3.05, 3.63) is 21.8 Å². The van der Waals surface area contributed by atoms with Gasteiger partial charge < -0.3 is 4.74 Å². The number of ether oxygens (including phenoxy) is 1. The molecule has 0 bridgehead atoms. The Morgan fingerprint density at radius 2 is 2.24 bits per heavy atom. The van der Waals surface area contributed by atoms with Crippen LogP contribution in [0.2, 0.25) is 0 Å². The molecule has 0 amide bonds. The number of aryl methyl sites for hydroxylation is 2. The fourth-order valence-electron chi connectivity index (χ4n) is 2.05. The molecule has 0 saturated carbocycles. The Kier molecular flexibility index (Phi) is 3.68. The van der Waals surface area contributed by atoms with E-state index in [2.05, 4.69) is 19.4 Å². The maximum absolute atomic E-state index is 12.3. The molecule has 0 atom stereocenters. The van der Waals surface area contributed by atoms with Crippen molar-refractivity contribution >= 4 is 43.8 Å². The Labute approximate surface area is 129 Å². The second-order valence-corrected chi connectivity index (χ2v) is 8.14. The molecule has 2 aromatic heterocycles. The summed E-state index contributed by atoms with van der Waals surface area (Å²) >= 11 is 2.20. The third-order valence-corrected chi connectivity index (χ3v) is 6.89. The van der Waals surface area contributed by atoms with Crippen LogP contribution in [0.3, 0.4) is 0 Å². The summed E-state index contributed by atoms with van der Waals surface area (Å²) in [5.41, 5.74) is 2.04. The lowest BCUT2D eigenvalue weighted by molar-refractivity contribution is 0.0590. The molecule has 3 rings (SSSR count). The molecule has 0 fully saturated rings. The van der Waals surface area contributed by atoms with Gasteiger partial charge in [0.1, 0.15) is 0 Å². The van der Waals surface area contributed by atoms with Crippen molar-refractivity contribution in [3.8, 4) is 0 Å². The Balaban J connectivity index is 1.90. The number of hydrogen-bond donors (Lipinski definition) is 1. The Morgan fingerprint density at radius 3 is 2.95 bits per heavy atom. The van der Waals surface area contributed by atoms with Gasteiger partial charge in [0.15, 0.2) is 15.0 Å².